The molecule has 0 aromatic heterocycles. The van der Waals surface area contributed by atoms with Crippen LogP contribution in [0.3, 0.4) is 0 Å². The van der Waals surface area contributed by atoms with Gasteiger partial charge in [0.1, 0.15) is 5.75 Å². The molecule has 3 nitrogen and oxygen atoms in total. The summed E-state index contributed by atoms with van der Waals surface area (Å²) in [4.78, 5) is 0. The van der Waals surface area contributed by atoms with Gasteiger partial charge in [0.15, 0.2) is 0 Å². The van der Waals surface area contributed by atoms with Gasteiger partial charge in [0, 0.05) is 35.8 Å². The molecular weight excluding hydrogens is 270 g/mol. The summed E-state index contributed by atoms with van der Waals surface area (Å²) in [5, 5.41) is 4.01. The van der Waals surface area contributed by atoms with E-state index in [1.54, 1.807) is 7.11 Å². The molecule has 1 N–H and O–H groups in total. The summed E-state index contributed by atoms with van der Waals surface area (Å²) in [6, 6.07) is 6.87. The average Bonchev–Trinajstić information content (AvgIpc) is 2.52. The fourth-order valence-electron chi connectivity index (χ4n) is 2.40. The molecule has 1 aliphatic heterocycles. The first kappa shape index (κ1) is 15.7. The standard InChI is InChI=1S/C16H25NO2S/c1-12(17-2)13-4-5-16(18-3)14(10-13)11-20-15-6-8-19-9-7-15/h4-5,10,12,15,17H,6-9,11H2,1-3H3. The first-order valence-corrected chi connectivity index (χ1v) is 8.33. The molecule has 0 spiro atoms. The van der Waals surface area contributed by atoms with Crippen LogP contribution in [0.4, 0.5) is 0 Å². The van der Waals surface area contributed by atoms with Crippen molar-refractivity contribution >= 4 is 11.8 Å². The summed E-state index contributed by atoms with van der Waals surface area (Å²) in [6.45, 7) is 3.99. The number of nitrogens with one attached hydrogen (secondary N) is 1. The number of benzene rings is 1. The minimum atomic E-state index is 0.368. The highest BCUT2D eigenvalue weighted by atomic mass is 32.2. The maximum absolute atomic E-state index is 5.50. The normalized spacial score (nSPS) is 17.9. The number of thioether (sulfide) groups is 1. The van der Waals surface area contributed by atoms with Gasteiger partial charge in [0.2, 0.25) is 0 Å². The zero-order valence-corrected chi connectivity index (χ0v) is 13.5. The molecule has 1 atom stereocenters. The Morgan fingerprint density at radius 3 is 2.80 bits per heavy atom. The molecule has 1 heterocycles. The topological polar surface area (TPSA) is 30.5 Å². The Kier molecular flexibility index (Phi) is 6.20. The van der Waals surface area contributed by atoms with Crippen molar-refractivity contribution in [2.24, 2.45) is 0 Å². The zero-order valence-electron chi connectivity index (χ0n) is 12.6. The van der Waals surface area contributed by atoms with Crippen molar-refractivity contribution in [3.8, 4) is 5.75 Å². The monoisotopic (exact) mass is 295 g/mol. The van der Waals surface area contributed by atoms with Gasteiger partial charge in [0.05, 0.1) is 7.11 Å². The second-order valence-corrected chi connectivity index (χ2v) is 6.49. The van der Waals surface area contributed by atoms with E-state index < -0.39 is 0 Å². The zero-order chi connectivity index (χ0) is 14.4. The predicted molar refractivity (Wildman–Crippen MR) is 85.6 cm³/mol. The molecule has 0 radical (unpaired) electrons. The highest BCUT2D eigenvalue weighted by molar-refractivity contribution is 7.99. The van der Waals surface area contributed by atoms with Crippen LogP contribution in [0.1, 0.15) is 36.9 Å². The Bertz CT molecular complexity index is 419. The highest BCUT2D eigenvalue weighted by Gasteiger charge is 2.16. The molecular formula is C16H25NO2S. The van der Waals surface area contributed by atoms with Crippen molar-refractivity contribution in [1.82, 2.24) is 5.32 Å². The quantitative estimate of drug-likeness (QED) is 0.871. The van der Waals surface area contributed by atoms with Crippen LogP contribution < -0.4 is 10.1 Å². The third-order valence-corrected chi connectivity index (χ3v) is 5.30. The maximum atomic E-state index is 5.50. The van der Waals surface area contributed by atoms with E-state index >= 15 is 0 Å². The van der Waals surface area contributed by atoms with Gasteiger partial charge in [-0.2, -0.15) is 11.8 Å². The summed E-state index contributed by atoms with van der Waals surface area (Å²) in [5.74, 6) is 2.01. The second kappa shape index (κ2) is 7.91. The lowest BCUT2D eigenvalue weighted by Gasteiger charge is -2.22. The highest BCUT2D eigenvalue weighted by Crippen LogP contribution is 2.31. The van der Waals surface area contributed by atoms with Gasteiger partial charge in [-0.3, -0.25) is 0 Å². The molecule has 0 saturated carbocycles. The molecule has 1 unspecified atom stereocenters. The molecule has 1 saturated heterocycles. The minimum absolute atomic E-state index is 0.368. The Balaban J connectivity index is 2.03. The summed E-state index contributed by atoms with van der Waals surface area (Å²) >= 11 is 2.03. The largest absolute Gasteiger partial charge is 0.496 e. The molecule has 0 aliphatic carbocycles. The van der Waals surface area contributed by atoms with Crippen molar-refractivity contribution < 1.29 is 9.47 Å². The summed E-state index contributed by atoms with van der Waals surface area (Å²) in [6.07, 6.45) is 2.33. The second-order valence-electron chi connectivity index (χ2n) is 5.20. The van der Waals surface area contributed by atoms with Gasteiger partial charge in [-0.05, 0) is 44.5 Å². The summed E-state index contributed by atoms with van der Waals surface area (Å²) < 4.78 is 10.9. The van der Waals surface area contributed by atoms with E-state index in [0.717, 1.165) is 30.0 Å². The van der Waals surface area contributed by atoms with Crippen molar-refractivity contribution in [3.05, 3.63) is 29.3 Å². The fourth-order valence-corrected chi connectivity index (χ4v) is 3.56. The van der Waals surface area contributed by atoms with E-state index in [0.29, 0.717) is 6.04 Å². The molecule has 112 valence electrons. The van der Waals surface area contributed by atoms with Crippen LogP contribution in [0.2, 0.25) is 0 Å². The van der Waals surface area contributed by atoms with Crippen molar-refractivity contribution in [2.45, 2.75) is 36.8 Å². The van der Waals surface area contributed by atoms with E-state index in [2.05, 4.69) is 30.4 Å². The van der Waals surface area contributed by atoms with E-state index in [4.69, 9.17) is 9.47 Å². The SMILES string of the molecule is CNC(C)c1ccc(OC)c(CSC2CCOCC2)c1. The minimum Gasteiger partial charge on any atom is -0.496 e. The third-order valence-electron chi connectivity index (χ3n) is 3.88. The van der Waals surface area contributed by atoms with Crippen molar-refractivity contribution in [2.75, 3.05) is 27.4 Å². The number of hydrogen-bond donors (Lipinski definition) is 1. The van der Waals surface area contributed by atoms with Crippen LogP contribution in [0, 0.1) is 0 Å². The molecule has 20 heavy (non-hydrogen) atoms. The average molecular weight is 295 g/mol. The maximum Gasteiger partial charge on any atom is 0.122 e. The lowest BCUT2D eigenvalue weighted by atomic mass is 10.1. The van der Waals surface area contributed by atoms with Crippen LogP contribution in [-0.4, -0.2) is 32.6 Å². The molecule has 1 aromatic rings. The van der Waals surface area contributed by atoms with E-state index in [1.807, 2.05) is 18.8 Å². The number of ether oxygens (including phenoxy) is 2. The van der Waals surface area contributed by atoms with E-state index in [-0.39, 0.29) is 0 Å². The number of rotatable bonds is 6. The fraction of sp³-hybridized carbons (Fsp3) is 0.625. The summed E-state index contributed by atoms with van der Waals surface area (Å²) in [7, 11) is 3.74. The Morgan fingerprint density at radius 1 is 1.40 bits per heavy atom. The lowest BCUT2D eigenvalue weighted by Crippen LogP contribution is -2.17. The van der Waals surface area contributed by atoms with Gasteiger partial charge in [0.25, 0.3) is 0 Å². The molecule has 2 rings (SSSR count). The number of hydrogen-bond acceptors (Lipinski definition) is 4. The van der Waals surface area contributed by atoms with Crippen LogP contribution in [0.5, 0.6) is 5.75 Å². The Morgan fingerprint density at radius 2 is 2.15 bits per heavy atom. The van der Waals surface area contributed by atoms with Crippen LogP contribution in [-0.2, 0) is 10.5 Å². The smallest absolute Gasteiger partial charge is 0.122 e. The predicted octanol–water partition coefficient (Wildman–Crippen LogP) is 3.39. The first-order chi connectivity index (χ1) is 9.74. The van der Waals surface area contributed by atoms with Crippen LogP contribution >= 0.6 is 11.8 Å². The Labute approximate surface area is 126 Å². The van der Waals surface area contributed by atoms with Gasteiger partial charge in [-0.15, -0.1) is 0 Å². The van der Waals surface area contributed by atoms with Gasteiger partial charge < -0.3 is 14.8 Å². The van der Waals surface area contributed by atoms with Gasteiger partial charge in [-0.25, -0.2) is 0 Å². The van der Waals surface area contributed by atoms with Crippen LogP contribution in [0.15, 0.2) is 18.2 Å². The summed E-state index contributed by atoms with van der Waals surface area (Å²) in [5.41, 5.74) is 2.61. The number of methoxy groups -OCH3 is 1. The van der Waals surface area contributed by atoms with E-state index in [1.165, 1.54) is 24.0 Å². The molecule has 1 fully saturated rings. The van der Waals surface area contributed by atoms with Gasteiger partial charge in [-0.1, -0.05) is 6.07 Å². The molecule has 1 aliphatic rings. The van der Waals surface area contributed by atoms with Crippen molar-refractivity contribution in [3.63, 3.8) is 0 Å². The molecule has 4 heteroatoms. The van der Waals surface area contributed by atoms with E-state index in [9.17, 15) is 0 Å². The first-order valence-electron chi connectivity index (χ1n) is 7.28. The van der Waals surface area contributed by atoms with Crippen molar-refractivity contribution in [1.29, 1.82) is 0 Å². The molecule has 0 amide bonds. The Hall–Kier alpha value is -0.710. The lowest BCUT2D eigenvalue weighted by molar-refractivity contribution is 0.1000. The van der Waals surface area contributed by atoms with Crippen LogP contribution in [0.25, 0.3) is 0 Å². The third kappa shape index (κ3) is 4.14. The van der Waals surface area contributed by atoms with Gasteiger partial charge >= 0.3 is 0 Å². The molecule has 1 aromatic carbocycles. The molecule has 0 bridgehead atoms.